The summed E-state index contributed by atoms with van der Waals surface area (Å²) >= 11 is 2.03. The van der Waals surface area contributed by atoms with E-state index in [0.717, 1.165) is 18.9 Å². The largest absolute Gasteiger partial charge is 0.382 e. The summed E-state index contributed by atoms with van der Waals surface area (Å²) in [6, 6.07) is 0. The van der Waals surface area contributed by atoms with E-state index in [-0.39, 0.29) is 0 Å². The number of rotatable bonds is 4. The van der Waals surface area contributed by atoms with E-state index in [4.69, 9.17) is 5.73 Å². The van der Waals surface area contributed by atoms with Crippen molar-refractivity contribution in [2.45, 2.75) is 0 Å². The lowest BCUT2D eigenvalue weighted by molar-refractivity contribution is 0.314. The van der Waals surface area contributed by atoms with Crippen LogP contribution in [-0.4, -0.2) is 52.6 Å². The average Bonchev–Trinajstić information content (AvgIpc) is 2.33. The molecule has 6 heteroatoms. The van der Waals surface area contributed by atoms with Gasteiger partial charge in [-0.3, -0.25) is 4.90 Å². The first-order valence-corrected chi connectivity index (χ1v) is 6.61. The van der Waals surface area contributed by atoms with Crippen LogP contribution in [0.25, 0.3) is 0 Å². The van der Waals surface area contributed by atoms with Gasteiger partial charge in [-0.1, -0.05) is 0 Å². The second kappa shape index (κ2) is 5.91. The highest BCUT2D eigenvalue weighted by Crippen LogP contribution is 2.08. The van der Waals surface area contributed by atoms with Crippen molar-refractivity contribution in [3.05, 3.63) is 12.4 Å². The molecule has 5 nitrogen and oxygen atoms in total. The zero-order valence-corrected chi connectivity index (χ0v) is 10.0. The van der Waals surface area contributed by atoms with Crippen LogP contribution < -0.4 is 11.1 Å². The van der Waals surface area contributed by atoms with E-state index in [9.17, 15) is 0 Å². The van der Waals surface area contributed by atoms with Gasteiger partial charge in [0.2, 0.25) is 0 Å². The number of hydrogen-bond donors (Lipinski definition) is 2. The third kappa shape index (κ3) is 3.53. The van der Waals surface area contributed by atoms with Gasteiger partial charge in [0.15, 0.2) is 0 Å². The fourth-order valence-corrected chi connectivity index (χ4v) is 2.57. The standard InChI is InChI=1S/C10H17N5S/c11-9-7-14-10(8-13-9)12-1-2-15-3-5-16-6-4-15/h7-8H,1-6H2,(H2,11,13)(H,12,14). The Hall–Kier alpha value is -1.01. The zero-order valence-electron chi connectivity index (χ0n) is 9.22. The molecule has 1 aliphatic rings. The van der Waals surface area contributed by atoms with E-state index >= 15 is 0 Å². The maximum Gasteiger partial charge on any atom is 0.144 e. The van der Waals surface area contributed by atoms with E-state index in [1.807, 2.05) is 11.8 Å². The summed E-state index contributed by atoms with van der Waals surface area (Å²) in [5, 5.41) is 3.24. The molecule has 1 fully saturated rings. The molecule has 1 saturated heterocycles. The molecule has 0 amide bonds. The smallest absolute Gasteiger partial charge is 0.144 e. The van der Waals surface area contributed by atoms with Crippen molar-refractivity contribution in [2.24, 2.45) is 0 Å². The van der Waals surface area contributed by atoms with Crippen molar-refractivity contribution in [2.75, 3.05) is 48.7 Å². The zero-order chi connectivity index (χ0) is 11.2. The lowest BCUT2D eigenvalue weighted by Crippen LogP contribution is -2.36. The molecule has 0 unspecified atom stereocenters. The third-order valence-electron chi connectivity index (χ3n) is 2.51. The lowest BCUT2D eigenvalue weighted by atomic mass is 10.4. The maximum atomic E-state index is 5.46. The molecule has 0 aromatic carbocycles. The molecule has 16 heavy (non-hydrogen) atoms. The predicted molar refractivity (Wildman–Crippen MR) is 68.7 cm³/mol. The fraction of sp³-hybridized carbons (Fsp3) is 0.600. The second-order valence-corrected chi connectivity index (χ2v) is 4.93. The Kier molecular flexibility index (Phi) is 4.24. The van der Waals surface area contributed by atoms with Gasteiger partial charge in [-0.15, -0.1) is 0 Å². The number of hydrogen-bond acceptors (Lipinski definition) is 6. The Balaban J connectivity index is 1.69. The summed E-state index contributed by atoms with van der Waals surface area (Å²) in [7, 11) is 0. The molecule has 1 aliphatic heterocycles. The summed E-state index contributed by atoms with van der Waals surface area (Å²) in [6.07, 6.45) is 3.24. The minimum absolute atomic E-state index is 0.457. The molecule has 0 saturated carbocycles. The van der Waals surface area contributed by atoms with Crippen molar-refractivity contribution < 1.29 is 0 Å². The number of anilines is 2. The van der Waals surface area contributed by atoms with Gasteiger partial charge >= 0.3 is 0 Å². The predicted octanol–water partition coefficient (Wildman–Crippen LogP) is 0.519. The van der Waals surface area contributed by atoms with Crippen LogP contribution in [0.3, 0.4) is 0 Å². The highest BCUT2D eigenvalue weighted by Gasteiger charge is 2.09. The number of nitrogens with two attached hydrogens (primary N) is 1. The fourth-order valence-electron chi connectivity index (χ4n) is 1.60. The average molecular weight is 239 g/mol. The van der Waals surface area contributed by atoms with Gasteiger partial charge in [-0.05, 0) is 0 Å². The van der Waals surface area contributed by atoms with Crippen LogP contribution in [0.15, 0.2) is 12.4 Å². The summed E-state index contributed by atoms with van der Waals surface area (Å²) in [4.78, 5) is 10.6. The maximum absolute atomic E-state index is 5.46. The van der Waals surface area contributed by atoms with E-state index in [2.05, 4.69) is 20.2 Å². The summed E-state index contributed by atoms with van der Waals surface area (Å²) in [5.41, 5.74) is 5.46. The molecule has 0 bridgehead atoms. The first kappa shape index (κ1) is 11.5. The van der Waals surface area contributed by atoms with Crippen LogP contribution in [0.2, 0.25) is 0 Å². The van der Waals surface area contributed by atoms with Gasteiger partial charge in [0.05, 0.1) is 12.4 Å². The Morgan fingerprint density at radius 1 is 1.31 bits per heavy atom. The van der Waals surface area contributed by atoms with Crippen molar-refractivity contribution >= 4 is 23.4 Å². The molecule has 0 atom stereocenters. The number of nitrogens with zero attached hydrogens (tertiary/aromatic N) is 3. The molecule has 0 aliphatic carbocycles. The van der Waals surface area contributed by atoms with Crippen LogP contribution in [0.4, 0.5) is 11.6 Å². The van der Waals surface area contributed by atoms with Crippen LogP contribution in [0.5, 0.6) is 0 Å². The molecule has 1 aromatic heterocycles. The van der Waals surface area contributed by atoms with Crippen molar-refractivity contribution in [1.29, 1.82) is 0 Å². The Labute approximate surface area is 99.8 Å². The SMILES string of the molecule is Nc1cnc(NCCN2CCSCC2)cn1. The molecule has 0 radical (unpaired) electrons. The minimum atomic E-state index is 0.457. The van der Waals surface area contributed by atoms with Crippen molar-refractivity contribution in [3.8, 4) is 0 Å². The van der Waals surface area contributed by atoms with E-state index in [0.29, 0.717) is 5.82 Å². The Morgan fingerprint density at radius 3 is 2.81 bits per heavy atom. The molecular formula is C10H17N5S. The van der Waals surface area contributed by atoms with Gasteiger partial charge in [-0.2, -0.15) is 11.8 Å². The van der Waals surface area contributed by atoms with Crippen LogP contribution in [0, 0.1) is 0 Å². The monoisotopic (exact) mass is 239 g/mol. The molecule has 0 spiro atoms. The molecule has 88 valence electrons. The summed E-state index contributed by atoms with van der Waals surface area (Å²) < 4.78 is 0. The first-order chi connectivity index (χ1) is 7.84. The van der Waals surface area contributed by atoms with Crippen molar-refractivity contribution in [3.63, 3.8) is 0 Å². The van der Waals surface area contributed by atoms with Crippen LogP contribution in [0.1, 0.15) is 0 Å². The Morgan fingerprint density at radius 2 is 2.12 bits per heavy atom. The molecule has 2 rings (SSSR count). The highest BCUT2D eigenvalue weighted by atomic mass is 32.2. The number of nitrogens with one attached hydrogen (secondary N) is 1. The molecule has 1 aromatic rings. The molecule has 3 N–H and O–H groups in total. The van der Waals surface area contributed by atoms with Crippen LogP contribution in [-0.2, 0) is 0 Å². The van der Waals surface area contributed by atoms with Gasteiger partial charge in [0, 0.05) is 37.7 Å². The van der Waals surface area contributed by atoms with Crippen LogP contribution >= 0.6 is 11.8 Å². The first-order valence-electron chi connectivity index (χ1n) is 5.46. The number of aromatic nitrogens is 2. The Bertz CT molecular complexity index is 309. The summed E-state index contributed by atoms with van der Waals surface area (Å²) in [5.74, 6) is 3.75. The topological polar surface area (TPSA) is 67.1 Å². The third-order valence-corrected chi connectivity index (χ3v) is 3.45. The van der Waals surface area contributed by atoms with E-state index in [1.165, 1.54) is 24.6 Å². The molecular weight excluding hydrogens is 222 g/mol. The quantitative estimate of drug-likeness (QED) is 0.798. The number of thioether (sulfide) groups is 1. The van der Waals surface area contributed by atoms with Crippen molar-refractivity contribution in [1.82, 2.24) is 14.9 Å². The second-order valence-electron chi connectivity index (χ2n) is 3.71. The van der Waals surface area contributed by atoms with Gasteiger partial charge in [-0.25, -0.2) is 9.97 Å². The van der Waals surface area contributed by atoms with Gasteiger partial charge in [0.25, 0.3) is 0 Å². The highest BCUT2D eigenvalue weighted by molar-refractivity contribution is 7.99. The summed E-state index contributed by atoms with van der Waals surface area (Å²) in [6.45, 7) is 4.36. The number of nitrogen functional groups attached to an aromatic ring is 1. The van der Waals surface area contributed by atoms with Gasteiger partial charge < -0.3 is 11.1 Å². The van der Waals surface area contributed by atoms with E-state index in [1.54, 1.807) is 12.4 Å². The van der Waals surface area contributed by atoms with E-state index < -0.39 is 0 Å². The lowest BCUT2D eigenvalue weighted by Gasteiger charge is -2.26. The normalized spacial score (nSPS) is 17.2. The minimum Gasteiger partial charge on any atom is -0.382 e. The van der Waals surface area contributed by atoms with Gasteiger partial charge in [0.1, 0.15) is 11.6 Å². The molecule has 2 heterocycles.